The van der Waals surface area contributed by atoms with Gasteiger partial charge >= 0.3 is 5.97 Å². The molecule has 0 atom stereocenters. The van der Waals surface area contributed by atoms with E-state index in [-0.39, 0.29) is 0 Å². The van der Waals surface area contributed by atoms with Crippen LogP contribution in [-0.2, 0) is 4.79 Å². The van der Waals surface area contributed by atoms with Gasteiger partial charge in [-0.1, -0.05) is 0 Å². The second-order valence-corrected chi connectivity index (χ2v) is 3.71. The van der Waals surface area contributed by atoms with Gasteiger partial charge in [0.1, 0.15) is 5.54 Å². The zero-order chi connectivity index (χ0) is 7.78. The standard InChI is InChI=1S/C6H11NO2S/c1-7(2)6(5(8)9)3-10-4-6/h3-4H2,1-2H3,(H,8,9). The highest BCUT2D eigenvalue weighted by atomic mass is 32.2. The molecule has 1 aliphatic heterocycles. The maximum absolute atomic E-state index is 10.7. The highest BCUT2D eigenvalue weighted by molar-refractivity contribution is 8.01. The summed E-state index contributed by atoms with van der Waals surface area (Å²) in [5, 5.41) is 8.80. The number of hydrogen-bond acceptors (Lipinski definition) is 3. The fourth-order valence-corrected chi connectivity index (χ4v) is 2.22. The van der Waals surface area contributed by atoms with Crippen molar-refractivity contribution in [2.45, 2.75) is 5.54 Å². The van der Waals surface area contributed by atoms with Crippen molar-refractivity contribution in [1.29, 1.82) is 0 Å². The Balaban J connectivity index is 2.68. The predicted molar refractivity (Wildman–Crippen MR) is 41.4 cm³/mol. The van der Waals surface area contributed by atoms with E-state index in [0.29, 0.717) is 0 Å². The van der Waals surface area contributed by atoms with Gasteiger partial charge in [-0.2, -0.15) is 11.8 Å². The number of likely N-dealkylation sites (N-methyl/N-ethyl adjacent to an activating group) is 1. The van der Waals surface area contributed by atoms with Crippen LogP contribution in [0.1, 0.15) is 0 Å². The summed E-state index contributed by atoms with van der Waals surface area (Å²) in [6.45, 7) is 0. The van der Waals surface area contributed by atoms with Crippen molar-refractivity contribution >= 4 is 17.7 Å². The lowest BCUT2D eigenvalue weighted by atomic mass is 10.0. The Morgan fingerprint density at radius 2 is 2.10 bits per heavy atom. The zero-order valence-corrected chi connectivity index (χ0v) is 6.94. The van der Waals surface area contributed by atoms with E-state index in [0.717, 1.165) is 11.5 Å². The summed E-state index contributed by atoms with van der Waals surface area (Å²) in [5.74, 6) is 0.737. The van der Waals surface area contributed by atoms with Crippen LogP contribution in [0.25, 0.3) is 0 Å². The Morgan fingerprint density at radius 1 is 1.60 bits per heavy atom. The van der Waals surface area contributed by atoms with Crippen LogP contribution in [0, 0.1) is 0 Å². The largest absolute Gasteiger partial charge is 0.480 e. The van der Waals surface area contributed by atoms with Crippen molar-refractivity contribution in [3.8, 4) is 0 Å². The van der Waals surface area contributed by atoms with E-state index in [9.17, 15) is 4.79 Å². The number of nitrogens with zero attached hydrogens (tertiary/aromatic N) is 1. The molecular formula is C6H11NO2S. The third-order valence-corrected chi connectivity index (χ3v) is 3.30. The molecule has 0 unspecified atom stereocenters. The van der Waals surface area contributed by atoms with Crippen LogP contribution in [0.2, 0.25) is 0 Å². The molecular weight excluding hydrogens is 150 g/mol. The van der Waals surface area contributed by atoms with Gasteiger partial charge in [0, 0.05) is 11.5 Å². The molecule has 0 aromatic carbocycles. The molecule has 1 saturated heterocycles. The van der Waals surface area contributed by atoms with Gasteiger partial charge in [0.25, 0.3) is 0 Å². The topological polar surface area (TPSA) is 40.5 Å². The van der Waals surface area contributed by atoms with Crippen LogP contribution in [0.4, 0.5) is 0 Å². The lowest BCUT2D eigenvalue weighted by Gasteiger charge is -2.42. The summed E-state index contributed by atoms with van der Waals surface area (Å²) in [7, 11) is 3.63. The van der Waals surface area contributed by atoms with E-state index in [1.165, 1.54) is 0 Å². The van der Waals surface area contributed by atoms with E-state index in [1.54, 1.807) is 16.7 Å². The summed E-state index contributed by atoms with van der Waals surface area (Å²) in [5.41, 5.74) is -0.565. The van der Waals surface area contributed by atoms with Crippen LogP contribution in [0.5, 0.6) is 0 Å². The molecule has 10 heavy (non-hydrogen) atoms. The van der Waals surface area contributed by atoms with Gasteiger partial charge < -0.3 is 5.11 Å². The van der Waals surface area contributed by atoms with Crippen molar-refractivity contribution in [3.63, 3.8) is 0 Å². The SMILES string of the molecule is CN(C)C1(C(=O)O)CSC1. The highest BCUT2D eigenvalue weighted by Gasteiger charge is 2.47. The number of aliphatic carboxylic acids is 1. The lowest BCUT2D eigenvalue weighted by molar-refractivity contribution is -0.147. The number of hydrogen-bond donors (Lipinski definition) is 1. The molecule has 4 heteroatoms. The van der Waals surface area contributed by atoms with E-state index in [2.05, 4.69) is 0 Å². The van der Waals surface area contributed by atoms with Crippen LogP contribution in [0.15, 0.2) is 0 Å². The fraction of sp³-hybridized carbons (Fsp3) is 0.833. The van der Waals surface area contributed by atoms with E-state index in [1.807, 2.05) is 14.1 Å². The predicted octanol–water partition coefficient (Wildman–Crippen LogP) is 0.118. The van der Waals surface area contributed by atoms with E-state index >= 15 is 0 Å². The molecule has 1 heterocycles. The molecule has 1 N–H and O–H groups in total. The third kappa shape index (κ3) is 0.914. The smallest absolute Gasteiger partial charge is 0.325 e. The van der Waals surface area contributed by atoms with Crippen molar-refractivity contribution in [2.24, 2.45) is 0 Å². The first-order chi connectivity index (χ1) is 4.59. The van der Waals surface area contributed by atoms with Crippen molar-refractivity contribution in [2.75, 3.05) is 25.6 Å². The Hall–Kier alpha value is -0.220. The van der Waals surface area contributed by atoms with Crippen molar-refractivity contribution in [3.05, 3.63) is 0 Å². The number of carbonyl (C=O) groups is 1. The molecule has 1 rings (SSSR count). The second-order valence-electron chi connectivity index (χ2n) is 2.72. The minimum absolute atomic E-state index is 0.565. The number of thioether (sulfide) groups is 1. The van der Waals surface area contributed by atoms with Gasteiger partial charge in [-0.15, -0.1) is 0 Å². The van der Waals surface area contributed by atoms with Crippen LogP contribution >= 0.6 is 11.8 Å². The molecule has 0 radical (unpaired) electrons. The minimum atomic E-state index is -0.698. The average molecular weight is 161 g/mol. The van der Waals surface area contributed by atoms with Gasteiger partial charge in [-0.3, -0.25) is 9.69 Å². The number of rotatable bonds is 2. The Morgan fingerprint density at radius 3 is 2.10 bits per heavy atom. The van der Waals surface area contributed by atoms with Gasteiger partial charge in [-0.25, -0.2) is 0 Å². The average Bonchev–Trinajstić information content (AvgIpc) is 1.57. The molecule has 0 spiro atoms. The zero-order valence-electron chi connectivity index (χ0n) is 6.13. The van der Waals surface area contributed by atoms with Crippen LogP contribution in [0.3, 0.4) is 0 Å². The first-order valence-corrected chi connectivity index (χ1v) is 4.23. The van der Waals surface area contributed by atoms with Gasteiger partial charge in [0.2, 0.25) is 0 Å². The minimum Gasteiger partial charge on any atom is -0.480 e. The molecule has 0 bridgehead atoms. The van der Waals surface area contributed by atoms with E-state index < -0.39 is 11.5 Å². The Kier molecular flexibility index (Phi) is 1.92. The number of carboxylic acid groups (broad SMARTS) is 1. The Bertz CT molecular complexity index is 154. The van der Waals surface area contributed by atoms with Crippen molar-refractivity contribution < 1.29 is 9.90 Å². The van der Waals surface area contributed by atoms with Crippen LogP contribution in [-0.4, -0.2) is 47.1 Å². The lowest BCUT2D eigenvalue weighted by Crippen LogP contribution is -2.60. The Labute approximate surface area is 64.4 Å². The molecule has 0 aromatic rings. The molecule has 3 nitrogen and oxygen atoms in total. The first kappa shape index (κ1) is 7.88. The molecule has 1 fully saturated rings. The normalized spacial score (nSPS) is 22.3. The second kappa shape index (κ2) is 2.43. The van der Waals surface area contributed by atoms with Crippen molar-refractivity contribution in [1.82, 2.24) is 4.90 Å². The van der Waals surface area contributed by atoms with Gasteiger partial charge in [0.15, 0.2) is 0 Å². The summed E-state index contributed by atoms with van der Waals surface area (Å²) in [6, 6.07) is 0. The molecule has 0 amide bonds. The molecule has 1 aliphatic rings. The molecule has 0 aliphatic carbocycles. The molecule has 0 saturated carbocycles. The first-order valence-electron chi connectivity index (χ1n) is 3.08. The highest BCUT2D eigenvalue weighted by Crippen LogP contribution is 2.33. The summed E-state index contributed by atoms with van der Waals surface area (Å²) >= 11 is 1.68. The third-order valence-electron chi connectivity index (χ3n) is 1.94. The summed E-state index contributed by atoms with van der Waals surface area (Å²) in [6.07, 6.45) is 0. The van der Waals surface area contributed by atoms with Gasteiger partial charge in [0.05, 0.1) is 0 Å². The van der Waals surface area contributed by atoms with Crippen LogP contribution < -0.4 is 0 Å². The number of carboxylic acids is 1. The molecule has 0 aromatic heterocycles. The maximum Gasteiger partial charge on any atom is 0.325 e. The summed E-state index contributed by atoms with van der Waals surface area (Å²) < 4.78 is 0. The maximum atomic E-state index is 10.7. The van der Waals surface area contributed by atoms with E-state index in [4.69, 9.17) is 5.11 Å². The quantitative estimate of drug-likeness (QED) is 0.624. The fourth-order valence-electron chi connectivity index (χ4n) is 0.868. The molecule has 58 valence electrons. The monoisotopic (exact) mass is 161 g/mol. The van der Waals surface area contributed by atoms with Gasteiger partial charge in [-0.05, 0) is 14.1 Å². The summed E-state index contributed by atoms with van der Waals surface area (Å²) in [4.78, 5) is 12.5.